The molecule has 0 spiro atoms. The van der Waals surface area contributed by atoms with Crippen LogP contribution < -0.4 is 0 Å². The summed E-state index contributed by atoms with van der Waals surface area (Å²) in [5, 5.41) is 0. The molecule has 0 bridgehead atoms. The fourth-order valence-electron chi connectivity index (χ4n) is 1.52. The van der Waals surface area contributed by atoms with Gasteiger partial charge in [0.05, 0.1) is 6.61 Å². The molecule has 1 atom stereocenters. The van der Waals surface area contributed by atoms with E-state index in [1.54, 1.807) is 0 Å². The Morgan fingerprint density at radius 2 is 1.40 bits per heavy atom. The lowest BCUT2D eigenvalue weighted by Gasteiger charge is -2.02. The van der Waals surface area contributed by atoms with Gasteiger partial charge < -0.3 is 4.52 Å². The highest BCUT2D eigenvalue weighted by molar-refractivity contribution is 7.39. The van der Waals surface area contributed by atoms with Crippen LogP contribution in [0, 0.1) is 0 Å². The second-order valence-corrected chi connectivity index (χ2v) is 5.79. The van der Waals surface area contributed by atoms with Gasteiger partial charge in [-0.2, -0.15) is 0 Å². The smallest absolute Gasteiger partial charge is 0.191 e. The number of unbranched alkanes of at least 4 members (excludes halogenated alkanes) is 7. The third-order valence-electron chi connectivity index (χ3n) is 2.55. The predicted octanol–water partition coefficient (Wildman–Crippen LogP) is 4.64. The third-order valence-corrected chi connectivity index (χ3v) is 3.65. The summed E-state index contributed by atoms with van der Waals surface area (Å²) in [7, 11) is -1.68. The van der Waals surface area contributed by atoms with Crippen molar-refractivity contribution >= 4 is 8.03 Å². The molecule has 0 saturated carbocycles. The molecule has 0 aromatic heterocycles. The lowest BCUT2D eigenvalue weighted by molar-refractivity contribution is 0.316. The number of hydrogen-bond donors (Lipinski definition) is 0. The van der Waals surface area contributed by atoms with Gasteiger partial charge in [-0.05, 0) is 6.42 Å². The Labute approximate surface area is 95.7 Å². The van der Waals surface area contributed by atoms with Crippen molar-refractivity contribution in [3.63, 3.8) is 0 Å². The van der Waals surface area contributed by atoms with Crippen molar-refractivity contribution in [2.24, 2.45) is 0 Å². The quantitative estimate of drug-likeness (QED) is 0.384. The van der Waals surface area contributed by atoms with Gasteiger partial charge in [-0.15, -0.1) is 0 Å². The van der Waals surface area contributed by atoms with E-state index >= 15 is 0 Å². The van der Waals surface area contributed by atoms with Crippen LogP contribution in [-0.4, -0.2) is 12.8 Å². The summed E-state index contributed by atoms with van der Waals surface area (Å²) < 4.78 is 16.2. The van der Waals surface area contributed by atoms with Gasteiger partial charge >= 0.3 is 0 Å². The molecule has 0 aromatic carbocycles. The Bertz CT molecular complexity index is 149. The first-order valence-corrected chi connectivity index (χ1v) is 7.99. The summed E-state index contributed by atoms with van der Waals surface area (Å²) in [6, 6.07) is 0. The first-order chi connectivity index (χ1) is 7.31. The minimum atomic E-state index is -1.68. The first-order valence-electron chi connectivity index (χ1n) is 6.46. The molecule has 15 heavy (non-hydrogen) atoms. The minimum absolute atomic E-state index is 0.682. The van der Waals surface area contributed by atoms with Crippen LogP contribution >= 0.6 is 8.03 Å². The highest BCUT2D eigenvalue weighted by Gasteiger charge is 1.95. The van der Waals surface area contributed by atoms with E-state index in [2.05, 4.69) is 6.92 Å². The number of rotatable bonds is 11. The molecule has 0 N–H and O–H groups in total. The van der Waals surface area contributed by atoms with E-state index in [9.17, 15) is 4.57 Å². The highest BCUT2D eigenvalue weighted by Crippen LogP contribution is 2.21. The molecule has 0 fully saturated rings. The van der Waals surface area contributed by atoms with Gasteiger partial charge in [0, 0.05) is 6.16 Å². The van der Waals surface area contributed by atoms with Crippen LogP contribution in [-0.2, 0) is 9.09 Å². The van der Waals surface area contributed by atoms with Crippen LogP contribution in [0.4, 0.5) is 0 Å². The summed E-state index contributed by atoms with van der Waals surface area (Å²) >= 11 is 0. The van der Waals surface area contributed by atoms with Crippen LogP contribution in [0.1, 0.15) is 65.2 Å². The SMILES string of the molecule is CCCCCCCCCCO[PH](=O)CC. The fourth-order valence-corrected chi connectivity index (χ4v) is 2.10. The van der Waals surface area contributed by atoms with E-state index in [1.807, 2.05) is 6.92 Å². The number of hydrogen-bond acceptors (Lipinski definition) is 2. The Morgan fingerprint density at radius 1 is 0.867 bits per heavy atom. The molecule has 0 aromatic rings. The standard InChI is InChI=1S/C12H27O2P/c1-3-5-6-7-8-9-10-11-12-14-15(13)4-2/h15H,3-12H2,1-2H3. The molecule has 3 heteroatoms. The zero-order valence-electron chi connectivity index (χ0n) is 10.4. The van der Waals surface area contributed by atoms with E-state index in [0.717, 1.165) is 6.42 Å². The maximum Gasteiger partial charge on any atom is 0.191 e. The molecule has 0 radical (unpaired) electrons. The zero-order chi connectivity index (χ0) is 11.4. The summed E-state index contributed by atoms with van der Waals surface area (Å²) in [5.74, 6) is 0. The maximum atomic E-state index is 11.0. The molecule has 0 aliphatic heterocycles. The monoisotopic (exact) mass is 234 g/mol. The van der Waals surface area contributed by atoms with Gasteiger partial charge in [0.1, 0.15) is 0 Å². The molecule has 92 valence electrons. The van der Waals surface area contributed by atoms with Crippen molar-refractivity contribution in [1.82, 2.24) is 0 Å². The second kappa shape index (κ2) is 12.3. The van der Waals surface area contributed by atoms with Gasteiger partial charge in [-0.25, -0.2) is 0 Å². The van der Waals surface area contributed by atoms with Crippen molar-refractivity contribution in [3.8, 4) is 0 Å². The molecular formula is C12H27O2P. The van der Waals surface area contributed by atoms with E-state index in [0.29, 0.717) is 12.8 Å². The van der Waals surface area contributed by atoms with Crippen molar-refractivity contribution in [1.29, 1.82) is 0 Å². The average Bonchev–Trinajstić information content (AvgIpc) is 2.26. The van der Waals surface area contributed by atoms with Gasteiger partial charge in [-0.1, -0.05) is 58.8 Å². The summed E-state index contributed by atoms with van der Waals surface area (Å²) in [6.07, 6.45) is 11.1. The van der Waals surface area contributed by atoms with Crippen molar-refractivity contribution < 1.29 is 9.09 Å². The van der Waals surface area contributed by atoms with Gasteiger partial charge in [0.15, 0.2) is 8.03 Å². The molecule has 0 aliphatic carbocycles. The van der Waals surface area contributed by atoms with E-state index < -0.39 is 8.03 Å². The van der Waals surface area contributed by atoms with E-state index in [-0.39, 0.29) is 0 Å². The topological polar surface area (TPSA) is 26.3 Å². The summed E-state index contributed by atoms with van der Waals surface area (Å²) in [4.78, 5) is 0. The summed E-state index contributed by atoms with van der Waals surface area (Å²) in [5.41, 5.74) is 0. The van der Waals surface area contributed by atoms with Crippen LogP contribution in [0.25, 0.3) is 0 Å². The Hall–Kier alpha value is 0.190. The van der Waals surface area contributed by atoms with Gasteiger partial charge in [-0.3, -0.25) is 4.57 Å². The highest BCUT2D eigenvalue weighted by atomic mass is 31.1. The molecule has 0 aliphatic rings. The van der Waals surface area contributed by atoms with Crippen LogP contribution in [0.5, 0.6) is 0 Å². The van der Waals surface area contributed by atoms with Gasteiger partial charge in [0.2, 0.25) is 0 Å². The molecule has 0 amide bonds. The maximum absolute atomic E-state index is 11.0. The molecule has 1 unspecified atom stereocenters. The lowest BCUT2D eigenvalue weighted by Crippen LogP contribution is -1.88. The Morgan fingerprint density at radius 3 is 1.93 bits per heavy atom. The van der Waals surface area contributed by atoms with Crippen LogP contribution in [0.15, 0.2) is 0 Å². The van der Waals surface area contributed by atoms with Crippen LogP contribution in [0.3, 0.4) is 0 Å². The third kappa shape index (κ3) is 12.1. The minimum Gasteiger partial charge on any atom is -0.330 e. The zero-order valence-corrected chi connectivity index (χ0v) is 11.4. The van der Waals surface area contributed by atoms with Crippen molar-refractivity contribution in [2.45, 2.75) is 65.2 Å². The molecule has 2 nitrogen and oxygen atoms in total. The molecular weight excluding hydrogens is 207 g/mol. The first kappa shape index (κ1) is 15.2. The largest absolute Gasteiger partial charge is 0.330 e. The molecule has 0 rings (SSSR count). The van der Waals surface area contributed by atoms with Crippen molar-refractivity contribution in [3.05, 3.63) is 0 Å². The van der Waals surface area contributed by atoms with E-state index in [1.165, 1.54) is 44.9 Å². The molecule has 0 saturated heterocycles. The summed E-state index contributed by atoms with van der Waals surface area (Å²) in [6.45, 7) is 4.85. The average molecular weight is 234 g/mol. The van der Waals surface area contributed by atoms with Crippen molar-refractivity contribution in [2.75, 3.05) is 12.8 Å². The van der Waals surface area contributed by atoms with Gasteiger partial charge in [0.25, 0.3) is 0 Å². The lowest BCUT2D eigenvalue weighted by atomic mass is 10.1. The molecule has 0 heterocycles. The normalized spacial score (nSPS) is 12.9. The fraction of sp³-hybridized carbons (Fsp3) is 1.00. The Balaban J connectivity index is 2.95. The predicted molar refractivity (Wildman–Crippen MR) is 68.1 cm³/mol. The second-order valence-electron chi connectivity index (χ2n) is 4.05. The van der Waals surface area contributed by atoms with Crippen LogP contribution in [0.2, 0.25) is 0 Å². The Kier molecular flexibility index (Phi) is 12.4. The van der Waals surface area contributed by atoms with E-state index in [4.69, 9.17) is 4.52 Å².